The zero-order valence-electron chi connectivity index (χ0n) is 47.0. The number of amides is 1. The number of phosphoric ester groups is 1. The third kappa shape index (κ3) is 13.2. The van der Waals surface area contributed by atoms with Gasteiger partial charge in [-0.25, -0.2) is 28.1 Å². The number of phosphoric acid groups is 3. The summed E-state index contributed by atoms with van der Waals surface area (Å²) >= 11 is 0. The number of rotatable bonds is 21. The van der Waals surface area contributed by atoms with Crippen LogP contribution in [0.3, 0.4) is 0 Å². The second-order valence-corrected chi connectivity index (χ2v) is 29.6. The van der Waals surface area contributed by atoms with Gasteiger partial charge in [0.2, 0.25) is 5.36 Å². The van der Waals surface area contributed by atoms with Gasteiger partial charge in [0.05, 0.1) is 42.3 Å². The molecule has 0 aliphatic carbocycles. The number of carboxylic acid groups (broad SMARTS) is 1. The van der Waals surface area contributed by atoms with Gasteiger partial charge in [0.15, 0.2) is 0 Å². The number of benzene rings is 3. The number of ether oxygens (including phenoxy) is 4. The van der Waals surface area contributed by atoms with E-state index in [-0.39, 0.29) is 43.2 Å². The number of aromatic nitrogens is 1. The third-order valence-electron chi connectivity index (χ3n) is 15.8. The maximum absolute atomic E-state index is 14.0. The number of hydrogen-bond acceptors (Lipinski definition) is 18. The van der Waals surface area contributed by atoms with E-state index in [1.165, 1.54) is 73.4 Å². The Labute approximate surface area is 498 Å². The molecule has 1 fully saturated rings. The SMILES string of the molecule is C=CCOC1C[C@H](n2cc(C#CCOCSSC(C)(C)CNC(=O)c3ccc(C4=c5cc6c7c(c5Oc5c4cc4c8c5CCCN8CCC4)CCC[N+]=7CCC6)c(C(=O)O)c3)c3c2N=CN(C)C3N)O[C@@H]1COP(=O)(O)OP(=O)(O)OP(=O)(O)O. The molecule has 0 spiro atoms. The molecule has 4 unspecified atom stereocenters. The summed E-state index contributed by atoms with van der Waals surface area (Å²) in [6, 6.07) is 9.53. The molecule has 6 atom stereocenters. The number of nitrogens with zero attached hydrogens (tertiary/aromatic N) is 5. The minimum absolute atomic E-state index is 0.0360. The Morgan fingerprint density at radius 1 is 0.976 bits per heavy atom. The highest BCUT2D eigenvalue weighted by atomic mass is 33.1. The molecule has 7 aliphatic rings. The number of nitrogens with one attached hydrogen (secondary N) is 1. The summed E-state index contributed by atoms with van der Waals surface area (Å²) in [6.45, 7) is 11.3. The van der Waals surface area contributed by atoms with E-state index in [2.05, 4.69) is 59.0 Å². The normalized spacial score (nSPS) is 21.7. The van der Waals surface area contributed by atoms with Gasteiger partial charge < -0.3 is 69.0 Å². The van der Waals surface area contributed by atoms with Gasteiger partial charge >= 0.3 is 29.4 Å². The molecule has 454 valence electrons. The average molecular weight is 1270 g/mol. The molecule has 4 aromatic rings. The molecule has 3 aromatic carbocycles. The lowest BCUT2D eigenvalue weighted by Gasteiger charge is -2.39. The number of aromatic carboxylic acids is 1. The van der Waals surface area contributed by atoms with E-state index in [1.54, 1.807) is 34.8 Å². The Bertz CT molecular complexity index is 3760. The summed E-state index contributed by atoms with van der Waals surface area (Å²) in [7, 11) is -12.1. The van der Waals surface area contributed by atoms with Crippen molar-refractivity contribution in [3.8, 4) is 23.3 Å². The first kappa shape index (κ1) is 61.5. The summed E-state index contributed by atoms with van der Waals surface area (Å²) in [5.74, 6) is 6.97. The molecule has 29 heteroatoms. The maximum Gasteiger partial charge on any atom is 0.490 e. The lowest BCUT2D eigenvalue weighted by Crippen LogP contribution is -2.45. The van der Waals surface area contributed by atoms with Crippen LogP contribution in [0.15, 0.2) is 54.2 Å². The van der Waals surface area contributed by atoms with Gasteiger partial charge in [-0.1, -0.05) is 45.6 Å². The van der Waals surface area contributed by atoms with Crippen molar-refractivity contribution in [3.63, 3.8) is 0 Å². The molecule has 0 saturated carbocycles. The zero-order chi connectivity index (χ0) is 60.2. The standard InChI is InChI=1S/C56H66N7O17P3S2/c1-5-22-75-43-27-45(77-44(43)29-76-82(70,71)80-83(72,73)79-81(67,68)69)63-28-36(46-52(57)60(4)31-59-53(46)63)13-10-23-74-32-84-85-56(2,3)30-58-54(64)35-16-17-37(40(26-35)55(65)66)47-41-24-33-11-6-18-61-20-8-14-38(48(33)61)50(41)78-51-39-15-9-21-62-19-7-12-34(49(39)62)25-42(47)51/h5,16-17,24-26,28,31,43-45,52H,1,6-9,11-12,14-15,18-23,27,29-30,32,57H2,2-4H3,(H5-,58,64,65,66,67,68,69,70,71,72,73)/p+1/t43?,44-,45-,52?/m1/s1. The van der Waals surface area contributed by atoms with Gasteiger partial charge in [-0.2, -0.15) is 8.62 Å². The summed E-state index contributed by atoms with van der Waals surface area (Å²) in [4.78, 5) is 73.7. The van der Waals surface area contributed by atoms with Gasteiger partial charge in [-0.15, -0.1) is 6.58 Å². The van der Waals surface area contributed by atoms with Crippen molar-refractivity contribution in [1.82, 2.24) is 19.4 Å². The Kier molecular flexibility index (Phi) is 17.9. The van der Waals surface area contributed by atoms with E-state index >= 15 is 0 Å². The monoisotopic (exact) mass is 1270 g/mol. The van der Waals surface area contributed by atoms with Crippen LogP contribution < -0.4 is 35.8 Å². The van der Waals surface area contributed by atoms with E-state index in [4.69, 9.17) is 39.0 Å². The van der Waals surface area contributed by atoms with Crippen molar-refractivity contribution in [2.75, 3.05) is 70.4 Å². The Morgan fingerprint density at radius 3 is 2.49 bits per heavy atom. The van der Waals surface area contributed by atoms with Crippen LogP contribution in [0.2, 0.25) is 0 Å². The second-order valence-electron chi connectivity index (χ2n) is 22.3. The lowest BCUT2D eigenvalue weighted by atomic mass is 9.81. The van der Waals surface area contributed by atoms with Crippen molar-refractivity contribution in [2.24, 2.45) is 10.7 Å². The predicted octanol–water partition coefficient (Wildman–Crippen LogP) is 6.30. The first-order valence-electron chi connectivity index (χ1n) is 27.9. The number of anilines is 1. The van der Waals surface area contributed by atoms with Gasteiger partial charge in [0.25, 0.3) is 5.91 Å². The Balaban J connectivity index is 0.742. The molecule has 1 amide bonds. The number of hydrogen-bond donors (Lipinski definition) is 7. The minimum atomic E-state index is -5.75. The van der Waals surface area contributed by atoms with Gasteiger partial charge in [-0.3, -0.25) is 9.32 Å². The molecule has 85 heavy (non-hydrogen) atoms. The minimum Gasteiger partial charge on any atom is -0.478 e. The fourth-order valence-corrected chi connectivity index (χ4v) is 17.5. The highest BCUT2D eigenvalue weighted by molar-refractivity contribution is 8.77. The predicted molar refractivity (Wildman–Crippen MR) is 319 cm³/mol. The number of carbonyl (C=O) groups is 2. The van der Waals surface area contributed by atoms with Crippen molar-refractivity contribution in [1.29, 1.82) is 0 Å². The lowest BCUT2D eigenvalue weighted by molar-refractivity contribution is -0.0554. The van der Waals surface area contributed by atoms with Crippen molar-refractivity contribution in [3.05, 3.63) is 115 Å². The number of carbonyl (C=O) groups excluding carboxylic acids is 1. The fraction of sp³-hybridized carbons (Fsp3) is 0.464. The van der Waals surface area contributed by atoms with E-state index in [0.29, 0.717) is 22.5 Å². The highest BCUT2D eigenvalue weighted by Gasteiger charge is 2.45. The first-order chi connectivity index (χ1) is 40.5. The van der Waals surface area contributed by atoms with Crippen LogP contribution >= 0.6 is 45.1 Å². The molecule has 1 saturated heterocycles. The van der Waals surface area contributed by atoms with Crippen molar-refractivity contribution >= 4 is 80.3 Å². The maximum atomic E-state index is 14.0. The Morgan fingerprint density at radius 2 is 1.73 bits per heavy atom. The van der Waals surface area contributed by atoms with Crippen LogP contribution in [-0.4, -0.2) is 135 Å². The van der Waals surface area contributed by atoms with E-state index in [9.17, 15) is 38.2 Å². The Hall–Kier alpha value is -5.13. The molecule has 1 aromatic heterocycles. The van der Waals surface area contributed by atoms with E-state index in [1.807, 2.05) is 13.8 Å². The van der Waals surface area contributed by atoms with Crippen LogP contribution in [-0.2, 0) is 66.7 Å². The number of nitrogens with two attached hydrogens (primary N) is 1. The number of carboxylic acids is 1. The van der Waals surface area contributed by atoms with Crippen LogP contribution in [0, 0.1) is 11.8 Å². The first-order valence-corrected chi connectivity index (χ1v) is 34.7. The molecule has 11 rings (SSSR count). The topological polar surface area (TPSA) is 316 Å². The summed E-state index contributed by atoms with van der Waals surface area (Å²) in [5.41, 5.74) is 16.5. The molecule has 8 heterocycles. The van der Waals surface area contributed by atoms with Gasteiger partial charge in [0.1, 0.15) is 61.4 Å². The number of aliphatic imine (C=N–C) groups is 1. The van der Waals surface area contributed by atoms with E-state index in [0.717, 1.165) is 105 Å². The van der Waals surface area contributed by atoms with E-state index < -0.39 is 71.3 Å². The van der Waals surface area contributed by atoms with Crippen LogP contribution in [0.25, 0.3) is 5.57 Å². The molecule has 0 radical (unpaired) electrons. The highest BCUT2D eigenvalue weighted by Crippen LogP contribution is 2.66. The largest absolute Gasteiger partial charge is 0.490 e. The van der Waals surface area contributed by atoms with Crippen LogP contribution in [0.5, 0.6) is 11.5 Å². The molecular weight excluding hydrogens is 1200 g/mol. The molecule has 7 aliphatic heterocycles. The molecular formula is C56H67N7O17P3S2+. The quantitative estimate of drug-likeness (QED) is 0.00806. The van der Waals surface area contributed by atoms with Gasteiger partial charge in [0, 0.05) is 101 Å². The third-order valence-corrected chi connectivity index (χ3v) is 22.6. The second kappa shape index (κ2) is 24.8. The van der Waals surface area contributed by atoms with Crippen LogP contribution in [0.1, 0.15) is 124 Å². The molecule has 8 N–H and O–H groups in total. The molecule has 0 bridgehead atoms. The zero-order valence-corrected chi connectivity index (χ0v) is 51.3. The summed E-state index contributed by atoms with van der Waals surface area (Å²) in [5, 5.41) is 16.2. The smallest absolute Gasteiger partial charge is 0.478 e. The van der Waals surface area contributed by atoms with Crippen molar-refractivity contribution < 1.29 is 80.1 Å². The molecule has 24 nitrogen and oxygen atoms in total. The van der Waals surface area contributed by atoms with Crippen molar-refractivity contribution in [2.45, 2.75) is 101 Å². The summed E-state index contributed by atoms with van der Waals surface area (Å²) < 4.78 is 76.9. The average Bonchev–Trinajstić information content (AvgIpc) is 1.42. The fourth-order valence-electron chi connectivity index (χ4n) is 12.3. The number of aryl methyl sites for hydroxylation is 2. The van der Waals surface area contributed by atoms with Gasteiger partial charge in [-0.05, 0) is 87.8 Å². The van der Waals surface area contributed by atoms with Crippen LogP contribution in [0.4, 0.5) is 11.5 Å². The number of fused-ring (bicyclic) bond motifs is 5. The summed E-state index contributed by atoms with van der Waals surface area (Å²) in [6.07, 6.45) is 9.25.